The highest BCUT2D eigenvalue weighted by atomic mass is 32.1. The van der Waals surface area contributed by atoms with E-state index in [9.17, 15) is 0 Å². The summed E-state index contributed by atoms with van der Waals surface area (Å²) in [5.41, 5.74) is 4.36. The van der Waals surface area contributed by atoms with Gasteiger partial charge in [0.15, 0.2) is 5.11 Å². The van der Waals surface area contributed by atoms with E-state index >= 15 is 0 Å². The fraction of sp³-hybridized carbons (Fsp3) is 0.217. The molecule has 3 rings (SSSR count). The van der Waals surface area contributed by atoms with E-state index in [1.54, 1.807) is 13.3 Å². The number of anilines is 2. The van der Waals surface area contributed by atoms with Gasteiger partial charge in [0.1, 0.15) is 5.75 Å². The molecule has 1 heterocycles. The van der Waals surface area contributed by atoms with Crippen LogP contribution in [-0.4, -0.2) is 36.2 Å². The first-order chi connectivity index (χ1) is 14.0. The van der Waals surface area contributed by atoms with E-state index < -0.39 is 0 Å². The molecule has 1 aromatic heterocycles. The van der Waals surface area contributed by atoms with Crippen LogP contribution in [0, 0.1) is 0 Å². The molecule has 0 aliphatic carbocycles. The predicted molar refractivity (Wildman–Crippen MR) is 123 cm³/mol. The summed E-state index contributed by atoms with van der Waals surface area (Å²) in [6.07, 6.45) is 3.65. The number of pyridine rings is 1. The molecule has 0 amide bonds. The average Bonchev–Trinajstić information content (AvgIpc) is 2.74. The first-order valence-electron chi connectivity index (χ1n) is 9.40. The third-order valence-electron chi connectivity index (χ3n) is 4.53. The van der Waals surface area contributed by atoms with Crippen molar-refractivity contribution < 1.29 is 4.74 Å². The van der Waals surface area contributed by atoms with Crippen molar-refractivity contribution in [2.45, 2.75) is 13.1 Å². The topological polar surface area (TPSA) is 40.6 Å². The van der Waals surface area contributed by atoms with Gasteiger partial charge in [0, 0.05) is 57.0 Å². The highest BCUT2D eigenvalue weighted by molar-refractivity contribution is 7.80. The van der Waals surface area contributed by atoms with Crippen molar-refractivity contribution in [1.29, 1.82) is 0 Å². The second kappa shape index (κ2) is 9.89. The summed E-state index contributed by atoms with van der Waals surface area (Å²) in [6, 6.07) is 20.3. The molecule has 0 unspecified atom stereocenters. The maximum absolute atomic E-state index is 5.75. The lowest BCUT2D eigenvalue weighted by Crippen LogP contribution is -2.33. The molecule has 29 heavy (non-hydrogen) atoms. The Morgan fingerprint density at radius 2 is 1.76 bits per heavy atom. The molecule has 0 atom stereocenters. The summed E-state index contributed by atoms with van der Waals surface area (Å²) in [6.45, 7) is 1.36. The van der Waals surface area contributed by atoms with E-state index in [-0.39, 0.29) is 0 Å². The number of hydrogen-bond acceptors (Lipinski definition) is 4. The summed E-state index contributed by atoms with van der Waals surface area (Å²) in [4.78, 5) is 8.45. The molecule has 0 saturated carbocycles. The maximum atomic E-state index is 5.75. The fourth-order valence-electron chi connectivity index (χ4n) is 2.93. The van der Waals surface area contributed by atoms with Crippen molar-refractivity contribution in [3.05, 3.63) is 84.2 Å². The lowest BCUT2D eigenvalue weighted by Gasteiger charge is -2.26. The van der Waals surface area contributed by atoms with Gasteiger partial charge in [0.25, 0.3) is 0 Å². The van der Waals surface area contributed by atoms with Crippen LogP contribution in [0.4, 0.5) is 11.4 Å². The van der Waals surface area contributed by atoms with Crippen LogP contribution in [0.3, 0.4) is 0 Å². The van der Waals surface area contributed by atoms with Gasteiger partial charge in [-0.3, -0.25) is 4.98 Å². The van der Waals surface area contributed by atoms with Gasteiger partial charge in [0.05, 0.1) is 7.11 Å². The summed E-state index contributed by atoms with van der Waals surface area (Å²) >= 11 is 5.75. The van der Waals surface area contributed by atoms with Crippen LogP contribution in [0.2, 0.25) is 0 Å². The zero-order valence-corrected chi connectivity index (χ0v) is 17.8. The molecule has 0 aliphatic heterocycles. The zero-order valence-electron chi connectivity index (χ0n) is 17.0. The molecule has 5 nitrogen and oxygen atoms in total. The van der Waals surface area contributed by atoms with Gasteiger partial charge < -0.3 is 19.9 Å². The smallest absolute Gasteiger partial charge is 0.174 e. The van der Waals surface area contributed by atoms with Crippen LogP contribution in [0.15, 0.2) is 73.1 Å². The SMILES string of the molecule is COc1cccc(NC(=S)N(Cc2ccc(N(C)C)cc2)Cc2cccnc2)c1. The molecular formula is C23H26N4OS. The Hall–Kier alpha value is -3.12. The van der Waals surface area contributed by atoms with Crippen LogP contribution >= 0.6 is 12.2 Å². The van der Waals surface area contributed by atoms with Gasteiger partial charge in [-0.2, -0.15) is 0 Å². The normalized spacial score (nSPS) is 10.3. The van der Waals surface area contributed by atoms with Gasteiger partial charge >= 0.3 is 0 Å². The molecule has 6 heteroatoms. The molecule has 0 saturated heterocycles. The average molecular weight is 407 g/mol. The minimum Gasteiger partial charge on any atom is -0.497 e. The molecule has 0 aliphatic rings. The second-order valence-electron chi connectivity index (χ2n) is 6.94. The number of methoxy groups -OCH3 is 1. The number of thiocarbonyl (C=S) groups is 1. The summed E-state index contributed by atoms with van der Waals surface area (Å²) in [7, 11) is 5.73. The van der Waals surface area contributed by atoms with Crippen LogP contribution in [0.5, 0.6) is 5.75 Å². The quantitative estimate of drug-likeness (QED) is 0.580. The van der Waals surface area contributed by atoms with Gasteiger partial charge in [-0.1, -0.05) is 24.3 Å². The van der Waals surface area contributed by atoms with E-state index in [1.165, 1.54) is 11.3 Å². The number of ether oxygens (including phenoxy) is 1. The lowest BCUT2D eigenvalue weighted by molar-refractivity contribution is 0.411. The Morgan fingerprint density at radius 1 is 1.00 bits per heavy atom. The molecular weight excluding hydrogens is 380 g/mol. The van der Waals surface area contributed by atoms with Crippen molar-refractivity contribution in [3.8, 4) is 5.75 Å². The number of aromatic nitrogens is 1. The van der Waals surface area contributed by atoms with E-state index in [4.69, 9.17) is 17.0 Å². The highest BCUT2D eigenvalue weighted by Gasteiger charge is 2.13. The van der Waals surface area contributed by atoms with Crippen molar-refractivity contribution in [1.82, 2.24) is 9.88 Å². The first-order valence-corrected chi connectivity index (χ1v) is 9.81. The number of hydrogen-bond donors (Lipinski definition) is 1. The van der Waals surface area contributed by atoms with Gasteiger partial charge in [0.2, 0.25) is 0 Å². The van der Waals surface area contributed by atoms with E-state index in [1.807, 2.05) is 50.6 Å². The van der Waals surface area contributed by atoms with Gasteiger partial charge in [-0.05, 0) is 53.7 Å². The van der Waals surface area contributed by atoms with Crippen LogP contribution in [0.25, 0.3) is 0 Å². The van der Waals surface area contributed by atoms with E-state index in [0.717, 1.165) is 17.0 Å². The molecule has 0 radical (unpaired) electrons. The Bertz CT molecular complexity index is 929. The molecule has 0 fully saturated rings. The summed E-state index contributed by atoms with van der Waals surface area (Å²) < 4.78 is 5.31. The van der Waals surface area contributed by atoms with Crippen LogP contribution < -0.4 is 15.0 Å². The van der Waals surface area contributed by atoms with Gasteiger partial charge in [-0.15, -0.1) is 0 Å². The first kappa shape index (κ1) is 20.6. The monoisotopic (exact) mass is 406 g/mol. The Kier molecular flexibility index (Phi) is 7.03. The molecule has 0 spiro atoms. The fourth-order valence-corrected chi connectivity index (χ4v) is 3.18. The maximum Gasteiger partial charge on any atom is 0.174 e. The third kappa shape index (κ3) is 5.93. The Morgan fingerprint density at radius 3 is 2.41 bits per heavy atom. The zero-order chi connectivity index (χ0) is 20.6. The third-order valence-corrected chi connectivity index (χ3v) is 4.89. The molecule has 1 N–H and O–H groups in total. The van der Waals surface area contributed by atoms with Crippen molar-refractivity contribution in [2.75, 3.05) is 31.4 Å². The summed E-state index contributed by atoms with van der Waals surface area (Å²) in [5.74, 6) is 0.788. The van der Waals surface area contributed by atoms with Gasteiger partial charge in [-0.25, -0.2) is 0 Å². The number of nitrogens with zero attached hydrogens (tertiary/aromatic N) is 3. The standard InChI is InChI=1S/C23H26N4OS/c1-26(2)21-11-9-18(10-12-21)16-27(17-19-6-5-13-24-15-19)23(29)25-20-7-4-8-22(14-20)28-3/h4-15H,16-17H2,1-3H3,(H,25,29). The Labute approximate surface area is 177 Å². The molecule has 150 valence electrons. The molecule has 3 aromatic rings. The lowest BCUT2D eigenvalue weighted by atomic mass is 10.1. The van der Waals surface area contributed by atoms with Crippen molar-refractivity contribution in [3.63, 3.8) is 0 Å². The molecule has 0 bridgehead atoms. The van der Waals surface area contributed by atoms with Crippen LogP contribution in [0.1, 0.15) is 11.1 Å². The molecule has 2 aromatic carbocycles. The number of benzene rings is 2. The summed E-state index contributed by atoms with van der Waals surface area (Å²) in [5, 5.41) is 3.99. The largest absolute Gasteiger partial charge is 0.497 e. The van der Waals surface area contributed by atoms with Crippen molar-refractivity contribution >= 4 is 28.7 Å². The number of nitrogens with one attached hydrogen (secondary N) is 1. The number of rotatable bonds is 7. The Balaban J connectivity index is 1.78. The van der Waals surface area contributed by atoms with Crippen molar-refractivity contribution in [2.24, 2.45) is 0 Å². The highest BCUT2D eigenvalue weighted by Crippen LogP contribution is 2.19. The predicted octanol–water partition coefficient (Wildman–Crippen LogP) is 4.56. The van der Waals surface area contributed by atoms with Crippen LogP contribution in [-0.2, 0) is 13.1 Å². The van der Waals surface area contributed by atoms with E-state index in [0.29, 0.717) is 18.2 Å². The van der Waals surface area contributed by atoms with E-state index in [2.05, 4.69) is 50.4 Å². The second-order valence-corrected chi connectivity index (χ2v) is 7.33. The minimum atomic E-state index is 0.652. The minimum absolute atomic E-state index is 0.652.